The summed E-state index contributed by atoms with van der Waals surface area (Å²) in [6.07, 6.45) is 0.0966. The molecular weight excluding hydrogens is 366 g/mol. The molecule has 2 rings (SSSR count). The van der Waals surface area contributed by atoms with Crippen LogP contribution in [0.3, 0.4) is 0 Å². The Hall–Kier alpha value is -1.80. The first kappa shape index (κ1) is 18.5. The van der Waals surface area contributed by atoms with Crippen molar-refractivity contribution in [3.8, 4) is 0 Å². The van der Waals surface area contributed by atoms with Crippen molar-refractivity contribution in [3.05, 3.63) is 59.0 Å². The fourth-order valence-electron chi connectivity index (χ4n) is 2.45. The molecule has 1 atom stereocenters. The van der Waals surface area contributed by atoms with Gasteiger partial charge < -0.3 is 16.0 Å². The quantitative estimate of drug-likeness (QED) is 0.620. The Kier molecular flexibility index (Phi) is 5.39. The van der Waals surface area contributed by atoms with Crippen LogP contribution in [0.1, 0.15) is 5.56 Å². The third-order valence-electron chi connectivity index (χ3n) is 3.58. The average Bonchev–Trinajstić information content (AvgIpc) is 2.46. The molecule has 0 radical (unpaired) electrons. The van der Waals surface area contributed by atoms with E-state index in [1.807, 2.05) is 0 Å². The number of hydrogen-bond donors (Lipinski definition) is 2. The van der Waals surface area contributed by atoms with Gasteiger partial charge in [-0.3, -0.25) is 0 Å². The first-order chi connectivity index (χ1) is 11.2. The van der Waals surface area contributed by atoms with E-state index >= 15 is 0 Å². The Bertz CT molecular complexity index is 670. The van der Waals surface area contributed by atoms with E-state index in [9.17, 15) is 17.6 Å². The van der Waals surface area contributed by atoms with E-state index in [4.69, 9.17) is 17.3 Å². The molecule has 24 heavy (non-hydrogen) atoms. The predicted octanol–water partition coefficient (Wildman–Crippen LogP) is 3.50. The summed E-state index contributed by atoms with van der Waals surface area (Å²) >= 11 is 10.5. The molecular formula is C15H14ClF4N3S. The molecule has 0 aliphatic carbocycles. The van der Waals surface area contributed by atoms with Crippen molar-refractivity contribution in [2.75, 3.05) is 6.54 Å². The molecule has 0 aromatic heterocycles. The van der Waals surface area contributed by atoms with Gasteiger partial charge in [-0.05, 0) is 42.9 Å². The molecule has 130 valence electrons. The number of hydrogen-bond acceptors (Lipinski definition) is 2. The van der Waals surface area contributed by atoms with Crippen LogP contribution in [0.15, 0.2) is 42.6 Å². The highest BCUT2D eigenvalue weighted by atomic mass is 35.5. The van der Waals surface area contributed by atoms with Gasteiger partial charge in [0.1, 0.15) is 5.82 Å². The van der Waals surface area contributed by atoms with Gasteiger partial charge in [0, 0.05) is 23.3 Å². The number of benzene rings is 1. The largest absolute Gasteiger partial charge is 0.434 e. The van der Waals surface area contributed by atoms with Crippen LogP contribution in [0.2, 0.25) is 5.02 Å². The van der Waals surface area contributed by atoms with Gasteiger partial charge in [-0.2, -0.15) is 13.2 Å². The summed E-state index contributed by atoms with van der Waals surface area (Å²) in [6, 6.07) is 4.12. The Morgan fingerprint density at radius 1 is 1.33 bits per heavy atom. The van der Waals surface area contributed by atoms with E-state index in [0.717, 1.165) is 11.0 Å². The molecule has 9 heteroatoms. The highest BCUT2D eigenvalue weighted by molar-refractivity contribution is 7.80. The lowest BCUT2D eigenvalue weighted by molar-refractivity contribution is -0.213. The van der Waals surface area contributed by atoms with Crippen LogP contribution in [0.5, 0.6) is 0 Å². The third kappa shape index (κ3) is 3.64. The van der Waals surface area contributed by atoms with Crippen LogP contribution in [0, 0.1) is 5.82 Å². The second-order valence-corrected chi connectivity index (χ2v) is 5.94. The maximum atomic E-state index is 13.8. The fourth-order valence-corrected chi connectivity index (χ4v) is 2.86. The van der Waals surface area contributed by atoms with Gasteiger partial charge in [-0.25, -0.2) is 4.39 Å². The Labute approximate surface area is 146 Å². The minimum Gasteiger partial charge on any atom is -0.376 e. The normalized spacial score (nSPS) is 20.3. The van der Waals surface area contributed by atoms with Crippen molar-refractivity contribution in [3.63, 3.8) is 0 Å². The molecule has 1 aliphatic heterocycles. The lowest BCUT2D eigenvalue weighted by atomic mass is 10.0. The predicted molar refractivity (Wildman–Crippen MR) is 88.8 cm³/mol. The Balaban J connectivity index is 2.30. The minimum absolute atomic E-state index is 0.0273. The molecule has 1 aromatic carbocycles. The second-order valence-electron chi connectivity index (χ2n) is 5.10. The van der Waals surface area contributed by atoms with Gasteiger partial charge in [0.2, 0.25) is 5.66 Å². The highest BCUT2D eigenvalue weighted by Gasteiger charge is 2.57. The molecule has 0 saturated heterocycles. The molecule has 1 heterocycles. The lowest BCUT2D eigenvalue weighted by Gasteiger charge is -2.44. The Morgan fingerprint density at radius 2 is 2.04 bits per heavy atom. The standard InChI is InChI=1S/C15H14ClF4N3S/c16-11-4-3-5-12(17)10(11)6-9-23-8-2-1-7-14(23,15(18,19)20)22-13(21)24/h1-5,7-8H,6,9H2,(H3,21,22,24). The monoisotopic (exact) mass is 379 g/mol. The number of thiocarbonyl (C=S) groups is 1. The summed E-state index contributed by atoms with van der Waals surface area (Å²) in [5, 5.41) is 1.76. The second kappa shape index (κ2) is 6.98. The van der Waals surface area contributed by atoms with E-state index < -0.39 is 22.8 Å². The van der Waals surface area contributed by atoms with Crippen molar-refractivity contribution < 1.29 is 17.6 Å². The SMILES string of the molecule is NC(=S)NC1(C(F)(F)F)C=CC=CN1CCc1c(F)cccc1Cl. The van der Waals surface area contributed by atoms with E-state index in [1.54, 1.807) is 0 Å². The zero-order chi connectivity index (χ0) is 18.0. The fraction of sp³-hybridized carbons (Fsp3) is 0.267. The van der Waals surface area contributed by atoms with Crippen molar-refractivity contribution in [2.45, 2.75) is 18.3 Å². The van der Waals surface area contributed by atoms with Crippen LogP contribution >= 0.6 is 23.8 Å². The number of allylic oxidation sites excluding steroid dienone is 2. The zero-order valence-corrected chi connectivity index (χ0v) is 13.9. The number of nitrogens with two attached hydrogens (primary N) is 1. The summed E-state index contributed by atoms with van der Waals surface area (Å²) in [4.78, 5) is 0.967. The number of halogens is 5. The molecule has 0 bridgehead atoms. The maximum Gasteiger partial charge on any atom is 0.434 e. The topological polar surface area (TPSA) is 41.3 Å². The van der Waals surface area contributed by atoms with Gasteiger partial charge in [-0.15, -0.1) is 0 Å². The van der Waals surface area contributed by atoms with E-state index in [2.05, 4.69) is 17.5 Å². The molecule has 3 nitrogen and oxygen atoms in total. The van der Waals surface area contributed by atoms with Crippen LogP contribution in [0.25, 0.3) is 0 Å². The van der Waals surface area contributed by atoms with Crippen LogP contribution in [-0.2, 0) is 6.42 Å². The molecule has 1 aromatic rings. The maximum absolute atomic E-state index is 13.8. The first-order valence-corrected chi connectivity index (χ1v) is 7.66. The van der Waals surface area contributed by atoms with Crippen molar-refractivity contribution in [1.82, 2.24) is 10.2 Å². The zero-order valence-electron chi connectivity index (χ0n) is 12.3. The summed E-state index contributed by atoms with van der Waals surface area (Å²) in [6.45, 7) is -0.156. The lowest BCUT2D eigenvalue weighted by Crippen LogP contribution is -2.68. The third-order valence-corrected chi connectivity index (χ3v) is 4.03. The summed E-state index contributed by atoms with van der Waals surface area (Å²) in [5.74, 6) is -0.570. The van der Waals surface area contributed by atoms with Gasteiger partial charge in [0.25, 0.3) is 0 Å². The van der Waals surface area contributed by atoms with Gasteiger partial charge in [0.05, 0.1) is 0 Å². The van der Waals surface area contributed by atoms with Crippen LogP contribution < -0.4 is 11.1 Å². The average molecular weight is 380 g/mol. The Morgan fingerprint density at radius 3 is 2.62 bits per heavy atom. The molecule has 0 fully saturated rings. The van der Waals surface area contributed by atoms with Crippen LogP contribution in [-0.4, -0.2) is 28.4 Å². The molecule has 1 unspecified atom stereocenters. The van der Waals surface area contributed by atoms with Gasteiger partial charge in [0.15, 0.2) is 5.11 Å². The van der Waals surface area contributed by atoms with E-state index in [0.29, 0.717) is 0 Å². The summed E-state index contributed by atoms with van der Waals surface area (Å²) < 4.78 is 54.9. The molecule has 1 aliphatic rings. The number of nitrogens with zero attached hydrogens (tertiary/aromatic N) is 1. The number of rotatable bonds is 4. The van der Waals surface area contributed by atoms with Crippen molar-refractivity contribution in [2.24, 2.45) is 5.73 Å². The molecule has 0 saturated carbocycles. The van der Waals surface area contributed by atoms with Crippen LogP contribution in [0.4, 0.5) is 17.6 Å². The van der Waals surface area contributed by atoms with Gasteiger partial charge in [-0.1, -0.05) is 23.7 Å². The first-order valence-electron chi connectivity index (χ1n) is 6.87. The summed E-state index contributed by atoms with van der Waals surface area (Å²) in [5.41, 5.74) is 2.83. The van der Waals surface area contributed by atoms with E-state index in [-0.39, 0.29) is 23.6 Å². The smallest absolute Gasteiger partial charge is 0.376 e. The van der Waals surface area contributed by atoms with Gasteiger partial charge >= 0.3 is 6.18 Å². The minimum atomic E-state index is -4.71. The molecule has 0 spiro atoms. The van der Waals surface area contributed by atoms with Crippen molar-refractivity contribution in [1.29, 1.82) is 0 Å². The summed E-state index contributed by atoms with van der Waals surface area (Å²) in [7, 11) is 0. The molecule has 0 amide bonds. The molecule has 3 N–H and O–H groups in total. The van der Waals surface area contributed by atoms with E-state index in [1.165, 1.54) is 36.6 Å². The number of nitrogens with one attached hydrogen (secondary N) is 1. The van der Waals surface area contributed by atoms with Crippen molar-refractivity contribution >= 4 is 28.9 Å². The highest BCUT2D eigenvalue weighted by Crippen LogP contribution is 2.37. The number of alkyl halides is 3.